The largest absolute Gasteiger partial charge is 0.455 e. The van der Waals surface area contributed by atoms with Crippen molar-refractivity contribution in [3.05, 3.63) is 176 Å². The molecule has 4 nitrogen and oxygen atoms in total. The highest BCUT2D eigenvalue weighted by Gasteiger charge is 2.16. The molecule has 12 aromatic rings. The number of hydrogen-bond acceptors (Lipinski definition) is 4. The summed E-state index contributed by atoms with van der Waals surface area (Å²) in [5.41, 5.74) is 14.8. The van der Waals surface area contributed by atoms with Gasteiger partial charge in [-0.25, -0.2) is 9.97 Å². The highest BCUT2D eigenvalue weighted by molar-refractivity contribution is 7.25. The van der Waals surface area contributed by atoms with Crippen LogP contribution in [0.1, 0.15) is 0 Å². The summed E-state index contributed by atoms with van der Waals surface area (Å²) in [4.78, 5) is 11.4. The van der Waals surface area contributed by atoms with Crippen molar-refractivity contribution in [2.45, 2.75) is 0 Å². The molecule has 0 amide bonds. The lowest BCUT2D eigenvalue weighted by atomic mass is 9.97. The van der Waals surface area contributed by atoms with Crippen molar-refractivity contribution in [1.82, 2.24) is 14.5 Å². The minimum atomic E-state index is 0.883. The topological polar surface area (TPSA) is 43.9 Å². The van der Waals surface area contributed by atoms with Crippen LogP contribution in [0.5, 0.6) is 0 Å². The third-order valence-electron chi connectivity index (χ3n) is 11.0. The molecule has 0 radical (unpaired) electrons. The van der Waals surface area contributed by atoms with Crippen LogP contribution in [-0.2, 0) is 0 Å². The lowest BCUT2D eigenvalue weighted by molar-refractivity contribution is 0.670. The molecule has 4 aromatic heterocycles. The van der Waals surface area contributed by atoms with Gasteiger partial charge in [0.1, 0.15) is 21.5 Å². The van der Waals surface area contributed by atoms with Gasteiger partial charge in [-0.15, -0.1) is 11.3 Å². The molecule has 0 fully saturated rings. The Kier molecular flexibility index (Phi) is 6.47. The molecule has 8 aromatic carbocycles. The van der Waals surface area contributed by atoms with Gasteiger partial charge in [0.2, 0.25) is 0 Å². The van der Waals surface area contributed by atoms with Crippen LogP contribution in [0.3, 0.4) is 0 Å². The van der Waals surface area contributed by atoms with Gasteiger partial charge in [0, 0.05) is 42.9 Å². The zero-order chi connectivity index (χ0) is 36.0. The van der Waals surface area contributed by atoms with E-state index in [4.69, 9.17) is 14.4 Å². The molecule has 0 bridgehead atoms. The monoisotopic (exact) mass is 719 g/mol. The van der Waals surface area contributed by atoms with Crippen molar-refractivity contribution in [3.8, 4) is 39.1 Å². The maximum atomic E-state index is 6.38. The van der Waals surface area contributed by atoms with Gasteiger partial charge in [-0.3, -0.25) is 0 Å². The van der Waals surface area contributed by atoms with E-state index in [1.165, 1.54) is 26.5 Å². The predicted molar refractivity (Wildman–Crippen MR) is 230 cm³/mol. The summed E-state index contributed by atoms with van der Waals surface area (Å²) in [5.74, 6) is 0. The molecule has 0 unspecified atom stereocenters. The van der Waals surface area contributed by atoms with Gasteiger partial charge in [0.15, 0.2) is 0 Å². The Hall–Kier alpha value is -7.08. The Morgan fingerprint density at radius 3 is 1.95 bits per heavy atom. The summed E-state index contributed by atoms with van der Waals surface area (Å²) < 4.78 is 9.93. The number of furan rings is 1. The Labute approximate surface area is 319 Å². The number of aromatic nitrogens is 3. The molecular formula is C50H29N3OS. The van der Waals surface area contributed by atoms with Crippen molar-refractivity contribution < 1.29 is 4.42 Å². The number of rotatable bonds is 4. The van der Waals surface area contributed by atoms with Crippen LogP contribution in [0, 0.1) is 0 Å². The van der Waals surface area contributed by atoms with E-state index < -0.39 is 0 Å². The van der Waals surface area contributed by atoms with Gasteiger partial charge < -0.3 is 8.98 Å². The first-order valence-corrected chi connectivity index (χ1v) is 19.3. The minimum absolute atomic E-state index is 0.883. The smallest absolute Gasteiger partial charge is 0.143 e. The first-order valence-electron chi connectivity index (χ1n) is 18.5. The number of benzene rings is 8. The fourth-order valence-electron chi connectivity index (χ4n) is 8.42. The van der Waals surface area contributed by atoms with E-state index in [-0.39, 0.29) is 0 Å². The van der Waals surface area contributed by atoms with E-state index in [1.807, 2.05) is 12.1 Å². The first kappa shape index (κ1) is 30.4. The predicted octanol–water partition coefficient (Wildman–Crippen LogP) is 14.0. The minimum Gasteiger partial charge on any atom is -0.455 e. The molecule has 4 heterocycles. The standard InChI is InChI=1S/C50H29N3OS/c1-4-19-44-37(14-1)38-15-2-5-20-45(38)53(44)35-13-8-11-31(27-35)32-23-25-47-41(28-32)48-50(55-47)52-42-24-22-33(29-43(42)51-48)30-10-7-12-34(26-30)36-17-9-18-40-39-16-3-6-21-46(39)54-49(36)40/h1-29H. The van der Waals surface area contributed by atoms with Gasteiger partial charge in [0.05, 0.1) is 22.1 Å². The second-order valence-corrected chi connectivity index (χ2v) is 15.2. The van der Waals surface area contributed by atoms with E-state index in [2.05, 4.69) is 168 Å². The second-order valence-electron chi connectivity index (χ2n) is 14.2. The summed E-state index contributed by atoms with van der Waals surface area (Å²) in [6.07, 6.45) is 0. The molecule has 5 heteroatoms. The van der Waals surface area contributed by atoms with Crippen LogP contribution < -0.4 is 0 Å². The first-order chi connectivity index (χ1) is 27.2. The van der Waals surface area contributed by atoms with E-state index in [1.54, 1.807) is 11.3 Å². The summed E-state index contributed by atoms with van der Waals surface area (Å²) in [6, 6.07) is 62.6. The third kappa shape index (κ3) is 4.70. The fourth-order valence-corrected chi connectivity index (χ4v) is 9.42. The van der Waals surface area contributed by atoms with Crippen molar-refractivity contribution in [1.29, 1.82) is 0 Å². The van der Waals surface area contributed by atoms with Crippen LogP contribution in [0.4, 0.5) is 0 Å². The van der Waals surface area contributed by atoms with Gasteiger partial charge in [-0.05, 0) is 88.5 Å². The van der Waals surface area contributed by atoms with Crippen LogP contribution >= 0.6 is 11.3 Å². The summed E-state index contributed by atoms with van der Waals surface area (Å²) >= 11 is 1.70. The maximum Gasteiger partial charge on any atom is 0.143 e. The normalized spacial score (nSPS) is 12.0. The third-order valence-corrected chi connectivity index (χ3v) is 12.1. The molecule has 55 heavy (non-hydrogen) atoms. The number of para-hydroxylation sites is 4. The molecule has 12 rings (SSSR count). The fraction of sp³-hybridized carbons (Fsp3) is 0. The number of nitrogens with zero attached hydrogens (tertiary/aromatic N) is 3. The van der Waals surface area contributed by atoms with E-state index in [9.17, 15) is 0 Å². The van der Waals surface area contributed by atoms with E-state index in [0.717, 1.165) is 87.8 Å². The Morgan fingerprint density at radius 2 is 1.09 bits per heavy atom. The molecule has 0 N–H and O–H groups in total. The van der Waals surface area contributed by atoms with Gasteiger partial charge in [-0.2, -0.15) is 0 Å². The van der Waals surface area contributed by atoms with Gasteiger partial charge in [0.25, 0.3) is 0 Å². The zero-order valence-corrected chi connectivity index (χ0v) is 30.2. The highest BCUT2D eigenvalue weighted by atomic mass is 32.1. The summed E-state index contributed by atoms with van der Waals surface area (Å²) in [5, 5.41) is 5.91. The van der Waals surface area contributed by atoms with Gasteiger partial charge >= 0.3 is 0 Å². The Morgan fingerprint density at radius 1 is 0.436 bits per heavy atom. The molecule has 0 saturated heterocycles. The molecule has 0 aliphatic heterocycles. The highest BCUT2D eigenvalue weighted by Crippen LogP contribution is 2.40. The average Bonchev–Trinajstić information content (AvgIpc) is 3.92. The van der Waals surface area contributed by atoms with Crippen molar-refractivity contribution in [2.75, 3.05) is 0 Å². The van der Waals surface area contributed by atoms with Crippen molar-refractivity contribution in [2.24, 2.45) is 0 Å². The lowest BCUT2D eigenvalue weighted by Crippen LogP contribution is -1.94. The molecular weight excluding hydrogens is 691 g/mol. The summed E-state index contributed by atoms with van der Waals surface area (Å²) in [7, 11) is 0. The maximum absolute atomic E-state index is 6.38. The number of fused-ring (bicyclic) bond motifs is 10. The molecule has 0 saturated carbocycles. The zero-order valence-electron chi connectivity index (χ0n) is 29.4. The van der Waals surface area contributed by atoms with Crippen molar-refractivity contribution in [3.63, 3.8) is 0 Å². The second kappa shape index (κ2) is 11.7. The van der Waals surface area contributed by atoms with E-state index in [0.29, 0.717) is 0 Å². The quantitative estimate of drug-likeness (QED) is 0.182. The van der Waals surface area contributed by atoms with E-state index >= 15 is 0 Å². The number of hydrogen-bond donors (Lipinski definition) is 0. The molecule has 0 aliphatic carbocycles. The van der Waals surface area contributed by atoms with Crippen LogP contribution in [0.15, 0.2) is 180 Å². The molecule has 256 valence electrons. The molecule has 0 aliphatic rings. The molecule has 0 atom stereocenters. The SMILES string of the molecule is c1cc(-c2ccc3nc4sc5ccc(-c6cccc(-n7c8ccccc8c8ccccc87)c6)cc5c4nc3c2)cc(-c2cccc3c2oc2ccccc23)c1. The molecule has 0 spiro atoms. The van der Waals surface area contributed by atoms with Crippen LogP contribution in [0.2, 0.25) is 0 Å². The lowest BCUT2D eigenvalue weighted by Gasteiger charge is -2.10. The number of thiophene rings is 1. The Bertz CT molecular complexity index is 3460. The van der Waals surface area contributed by atoms with Crippen LogP contribution in [-0.4, -0.2) is 14.5 Å². The Balaban J connectivity index is 0.946. The average molecular weight is 720 g/mol. The van der Waals surface area contributed by atoms with Crippen molar-refractivity contribution >= 4 is 86.5 Å². The van der Waals surface area contributed by atoms with Crippen LogP contribution in [0.25, 0.3) is 114 Å². The summed E-state index contributed by atoms with van der Waals surface area (Å²) in [6.45, 7) is 0. The van der Waals surface area contributed by atoms with Gasteiger partial charge in [-0.1, -0.05) is 115 Å².